The average molecular weight is 300 g/mol. The van der Waals surface area contributed by atoms with Crippen LogP contribution in [0.5, 0.6) is 0 Å². The minimum absolute atomic E-state index is 0.00183. The fraction of sp³-hybridized carbons (Fsp3) is 0.867. The number of ether oxygens (including phenoxy) is 2. The van der Waals surface area contributed by atoms with Crippen LogP contribution in [-0.2, 0) is 14.3 Å². The highest BCUT2D eigenvalue weighted by Crippen LogP contribution is 2.19. The molecule has 21 heavy (non-hydrogen) atoms. The van der Waals surface area contributed by atoms with Crippen LogP contribution in [0.1, 0.15) is 41.5 Å². The molecule has 1 fully saturated rings. The SMILES string of the molecule is CCOC(=O)CN1C[C@@H](C)N(C(=O)OC(C)(C)C)[C@@H](C)C1. The molecule has 0 aromatic carbocycles. The van der Waals surface area contributed by atoms with Gasteiger partial charge in [-0.1, -0.05) is 0 Å². The lowest BCUT2D eigenvalue weighted by Gasteiger charge is -2.44. The maximum absolute atomic E-state index is 12.3. The van der Waals surface area contributed by atoms with Gasteiger partial charge in [-0.2, -0.15) is 0 Å². The summed E-state index contributed by atoms with van der Waals surface area (Å²) in [4.78, 5) is 27.6. The lowest BCUT2D eigenvalue weighted by molar-refractivity contribution is -0.145. The summed E-state index contributed by atoms with van der Waals surface area (Å²) in [7, 11) is 0. The summed E-state index contributed by atoms with van der Waals surface area (Å²) in [6.07, 6.45) is -0.293. The van der Waals surface area contributed by atoms with Crippen LogP contribution in [0, 0.1) is 0 Å². The highest BCUT2D eigenvalue weighted by molar-refractivity contribution is 5.72. The molecule has 6 nitrogen and oxygen atoms in total. The number of hydrogen-bond acceptors (Lipinski definition) is 5. The Morgan fingerprint density at radius 2 is 1.67 bits per heavy atom. The lowest BCUT2D eigenvalue weighted by atomic mass is 10.1. The molecular formula is C15H28N2O4. The Labute approximate surface area is 127 Å². The molecule has 1 saturated heterocycles. The molecule has 0 spiro atoms. The largest absolute Gasteiger partial charge is 0.465 e. The first kappa shape index (κ1) is 17.8. The normalized spacial score (nSPS) is 23.8. The maximum atomic E-state index is 12.3. The second-order valence-corrected chi connectivity index (χ2v) is 6.58. The molecule has 6 heteroatoms. The molecule has 0 bridgehead atoms. The molecule has 2 atom stereocenters. The predicted octanol–water partition coefficient (Wildman–Crippen LogP) is 1.88. The van der Waals surface area contributed by atoms with Crippen LogP contribution in [0.2, 0.25) is 0 Å². The van der Waals surface area contributed by atoms with Crippen molar-refractivity contribution in [1.29, 1.82) is 0 Å². The molecular weight excluding hydrogens is 272 g/mol. The van der Waals surface area contributed by atoms with Crippen LogP contribution in [0.25, 0.3) is 0 Å². The van der Waals surface area contributed by atoms with Crippen molar-refractivity contribution in [3.05, 3.63) is 0 Å². The number of nitrogens with zero attached hydrogens (tertiary/aromatic N) is 2. The van der Waals surface area contributed by atoms with Gasteiger partial charge in [0, 0.05) is 25.2 Å². The zero-order valence-corrected chi connectivity index (χ0v) is 14.0. The summed E-state index contributed by atoms with van der Waals surface area (Å²) in [5.41, 5.74) is -0.501. The summed E-state index contributed by atoms with van der Waals surface area (Å²) >= 11 is 0. The molecule has 0 aromatic rings. The van der Waals surface area contributed by atoms with Gasteiger partial charge in [-0.25, -0.2) is 4.79 Å². The van der Waals surface area contributed by atoms with E-state index in [1.165, 1.54) is 0 Å². The van der Waals surface area contributed by atoms with Gasteiger partial charge in [0.1, 0.15) is 5.60 Å². The molecule has 0 saturated carbocycles. The number of carbonyl (C=O) groups excluding carboxylic acids is 2. The van der Waals surface area contributed by atoms with Gasteiger partial charge < -0.3 is 14.4 Å². The van der Waals surface area contributed by atoms with E-state index < -0.39 is 5.60 Å². The van der Waals surface area contributed by atoms with Crippen molar-refractivity contribution in [1.82, 2.24) is 9.80 Å². The van der Waals surface area contributed by atoms with Crippen molar-refractivity contribution in [3.63, 3.8) is 0 Å². The number of piperazine rings is 1. The topological polar surface area (TPSA) is 59.1 Å². The minimum Gasteiger partial charge on any atom is -0.465 e. The zero-order chi connectivity index (χ0) is 16.2. The van der Waals surface area contributed by atoms with E-state index in [1.54, 1.807) is 11.8 Å². The van der Waals surface area contributed by atoms with E-state index in [0.717, 1.165) is 0 Å². The molecule has 1 amide bonds. The molecule has 0 aliphatic carbocycles. The van der Waals surface area contributed by atoms with Gasteiger partial charge in [0.15, 0.2) is 0 Å². The maximum Gasteiger partial charge on any atom is 0.410 e. The predicted molar refractivity (Wildman–Crippen MR) is 80.1 cm³/mol. The van der Waals surface area contributed by atoms with E-state index in [2.05, 4.69) is 0 Å². The smallest absolute Gasteiger partial charge is 0.410 e. The molecule has 1 heterocycles. The Kier molecular flexibility index (Phi) is 6.01. The van der Waals surface area contributed by atoms with Crippen molar-refractivity contribution in [2.24, 2.45) is 0 Å². The number of rotatable bonds is 3. The number of amides is 1. The Morgan fingerprint density at radius 3 is 2.10 bits per heavy atom. The monoisotopic (exact) mass is 300 g/mol. The fourth-order valence-electron chi connectivity index (χ4n) is 2.63. The van der Waals surface area contributed by atoms with E-state index in [4.69, 9.17) is 9.47 Å². The van der Waals surface area contributed by atoms with Gasteiger partial charge in [0.05, 0.1) is 13.2 Å². The summed E-state index contributed by atoms with van der Waals surface area (Å²) in [6.45, 7) is 13.3. The van der Waals surface area contributed by atoms with Crippen LogP contribution >= 0.6 is 0 Å². The van der Waals surface area contributed by atoms with Crippen molar-refractivity contribution >= 4 is 12.1 Å². The van der Waals surface area contributed by atoms with Crippen molar-refractivity contribution in [2.75, 3.05) is 26.2 Å². The second kappa shape index (κ2) is 7.11. The number of carbonyl (C=O) groups is 2. The number of esters is 1. The van der Waals surface area contributed by atoms with Gasteiger partial charge in [-0.15, -0.1) is 0 Å². The van der Waals surface area contributed by atoms with Crippen LogP contribution in [0.3, 0.4) is 0 Å². The Morgan fingerprint density at radius 1 is 1.14 bits per heavy atom. The standard InChI is InChI=1S/C15H28N2O4/c1-7-20-13(18)10-16-8-11(2)17(12(3)9-16)14(19)21-15(4,5)6/h11-12H,7-10H2,1-6H3/t11-,12+. The zero-order valence-electron chi connectivity index (χ0n) is 14.0. The molecule has 1 rings (SSSR count). The third-order valence-corrected chi connectivity index (χ3v) is 3.26. The molecule has 0 aromatic heterocycles. The van der Waals surface area contributed by atoms with Gasteiger partial charge in [0.25, 0.3) is 0 Å². The van der Waals surface area contributed by atoms with Crippen LogP contribution in [0.15, 0.2) is 0 Å². The van der Waals surface area contributed by atoms with Gasteiger partial charge >= 0.3 is 12.1 Å². The molecule has 0 radical (unpaired) electrons. The third-order valence-electron chi connectivity index (χ3n) is 3.26. The average Bonchev–Trinajstić information content (AvgIpc) is 2.24. The van der Waals surface area contributed by atoms with Crippen LogP contribution < -0.4 is 0 Å². The molecule has 0 N–H and O–H groups in total. The summed E-state index contributed by atoms with van der Waals surface area (Å²) in [6, 6.07) is -0.00365. The van der Waals surface area contributed by atoms with E-state index in [-0.39, 0.29) is 30.7 Å². The second-order valence-electron chi connectivity index (χ2n) is 6.58. The van der Waals surface area contributed by atoms with E-state index in [0.29, 0.717) is 19.7 Å². The van der Waals surface area contributed by atoms with Gasteiger partial charge in [-0.3, -0.25) is 9.69 Å². The van der Waals surface area contributed by atoms with Gasteiger partial charge in [-0.05, 0) is 41.5 Å². The summed E-state index contributed by atoms with van der Waals surface area (Å²) in [5, 5.41) is 0. The Bertz CT molecular complexity index is 366. The highest BCUT2D eigenvalue weighted by atomic mass is 16.6. The van der Waals surface area contributed by atoms with E-state index in [9.17, 15) is 9.59 Å². The van der Waals surface area contributed by atoms with Crippen molar-refractivity contribution in [3.8, 4) is 0 Å². The minimum atomic E-state index is -0.501. The molecule has 1 aliphatic heterocycles. The Hall–Kier alpha value is -1.30. The van der Waals surface area contributed by atoms with Crippen LogP contribution in [-0.4, -0.2) is 65.8 Å². The van der Waals surface area contributed by atoms with E-state index in [1.807, 2.05) is 39.5 Å². The lowest BCUT2D eigenvalue weighted by Crippen LogP contribution is -2.60. The number of hydrogen-bond donors (Lipinski definition) is 0. The molecule has 1 aliphatic rings. The summed E-state index contributed by atoms with van der Waals surface area (Å²) < 4.78 is 10.4. The van der Waals surface area contributed by atoms with Crippen molar-refractivity contribution in [2.45, 2.75) is 59.2 Å². The van der Waals surface area contributed by atoms with E-state index >= 15 is 0 Å². The Balaban J connectivity index is 2.62. The van der Waals surface area contributed by atoms with Crippen molar-refractivity contribution < 1.29 is 19.1 Å². The molecule has 0 unspecified atom stereocenters. The van der Waals surface area contributed by atoms with Gasteiger partial charge in [0.2, 0.25) is 0 Å². The molecule has 122 valence electrons. The quantitative estimate of drug-likeness (QED) is 0.745. The first-order valence-corrected chi connectivity index (χ1v) is 7.53. The first-order valence-electron chi connectivity index (χ1n) is 7.53. The van der Waals surface area contributed by atoms with Crippen LogP contribution in [0.4, 0.5) is 4.79 Å². The fourth-order valence-corrected chi connectivity index (χ4v) is 2.63. The highest BCUT2D eigenvalue weighted by Gasteiger charge is 2.36. The third kappa shape index (κ3) is 5.53. The summed E-state index contributed by atoms with van der Waals surface area (Å²) in [5.74, 6) is -0.220. The first-order chi connectivity index (χ1) is 9.64.